The van der Waals surface area contributed by atoms with Gasteiger partial charge in [-0.05, 0) is 48.2 Å². The zero-order chi connectivity index (χ0) is 23.5. The fourth-order valence-electron chi connectivity index (χ4n) is 3.18. The molecule has 0 radical (unpaired) electrons. The van der Waals surface area contributed by atoms with Crippen molar-refractivity contribution in [2.24, 2.45) is 0 Å². The van der Waals surface area contributed by atoms with E-state index in [1.807, 2.05) is 37.3 Å². The van der Waals surface area contributed by atoms with Crippen LogP contribution in [0.5, 0.6) is 0 Å². The van der Waals surface area contributed by atoms with Crippen molar-refractivity contribution in [3.63, 3.8) is 0 Å². The number of halogens is 3. The van der Waals surface area contributed by atoms with Crippen LogP contribution in [0.3, 0.4) is 0 Å². The zero-order valence-electron chi connectivity index (χ0n) is 18.4. The Morgan fingerprint density at radius 1 is 1.00 bits per heavy atom. The molecular formula is C24H29Cl3N2O2S. The lowest BCUT2D eigenvalue weighted by atomic mass is 10.1. The molecule has 0 aliphatic carbocycles. The molecule has 0 aliphatic rings. The van der Waals surface area contributed by atoms with Gasteiger partial charge in [-0.1, -0.05) is 73.3 Å². The van der Waals surface area contributed by atoms with Gasteiger partial charge in [-0.15, -0.1) is 11.8 Å². The monoisotopic (exact) mass is 514 g/mol. The predicted octanol–water partition coefficient (Wildman–Crippen LogP) is 6.60. The summed E-state index contributed by atoms with van der Waals surface area (Å²) in [6.45, 7) is 4.88. The summed E-state index contributed by atoms with van der Waals surface area (Å²) in [7, 11) is 0. The summed E-state index contributed by atoms with van der Waals surface area (Å²) in [5.74, 6) is 0.732. The molecule has 0 spiro atoms. The summed E-state index contributed by atoms with van der Waals surface area (Å²) < 4.78 is 0. The molecule has 1 atom stereocenters. The molecule has 1 N–H and O–H groups in total. The van der Waals surface area contributed by atoms with Crippen molar-refractivity contribution in [3.8, 4) is 0 Å². The average molecular weight is 516 g/mol. The van der Waals surface area contributed by atoms with Gasteiger partial charge in [0.2, 0.25) is 11.8 Å². The van der Waals surface area contributed by atoms with Crippen LogP contribution in [-0.2, 0) is 21.9 Å². The summed E-state index contributed by atoms with van der Waals surface area (Å²) in [5, 5.41) is 4.53. The summed E-state index contributed by atoms with van der Waals surface area (Å²) in [6, 6.07) is 12.3. The molecular weight excluding hydrogens is 487 g/mol. The minimum absolute atomic E-state index is 0.0903. The van der Waals surface area contributed by atoms with Crippen LogP contribution >= 0.6 is 46.6 Å². The number of nitrogens with one attached hydrogen (secondary N) is 1. The van der Waals surface area contributed by atoms with Gasteiger partial charge in [0.15, 0.2) is 0 Å². The highest BCUT2D eigenvalue weighted by atomic mass is 35.5. The lowest BCUT2D eigenvalue weighted by Gasteiger charge is -2.30. The van der Waals surface area contributed by atoms with E-state index in [1.54, 1.807) is 17.0 Å². The highest BCUT2D eigenvalue weighted by Gasteiger charge is 2.28. The van der Waals surface area contributed by atoms with E-state index in [9.17, 15) is 9.59 Å². The SMILES string of the molecule is CCCCNC(=O)C(CC)N(Cc1ccc(Cl)c(Cl)c1)C(=O)CSCc1ccc(Cl)cc1. The van der Waals surface area contributed by atoms with Crippen LogP contribution in [0.15, 0.2) is 42.5 Å². The van der Waals surface area contributed by atoms with Gasteiger partial charge in [0.25, 0.3) is 0 Å². The molecule has 2 rings (SSSR count). The van der Waals surface area contributed by atoms with E-state index in [4.69, 9.17) is 34.8 Å². The van der Waals surface area contributed by atoms with Crippen LogP contribution < -0.4 is 5.32 Å². The van der Waals surface area contributed by atoms with Crippen molar-refractivity contribution < 1.29 is 9.59 Å². The van der Waals surface area contributed by atoms with E-state index in [0.717, 1.165) is 24.0 Å². The number of nitrogens with zero attached hydrogens (tertiary/aromatic N) is 1. The second-order valence-corrected chi connectivity index (χ2v) is 9.69. The molecule has 0 bridgehead atoms. The molecule has 8 heteroatoms. The van der Waals surface area contributed by atoms with E-state index in [2.05, 4.69) is 12.2 Å². The Bertz CT molecular complexity index is 893. The standard InChI is InChI=1S/C24H29Cl3N2O2S/c1-3-5-12-28-24(31)22(4-2)29(14-18-8-11-20(26)21(27)13-18)23(30)16-32-15-17-6-9-19(25)10-7-17/h6-11,13,22H,3-5,12,14-16H2,1-2H3,(H,28,31). The minimum atomic E-state index is -0.551. The highest BCUT2D eigenvalue weighted by molar-refractivity contribution is 7.99. The summed E-state index contributed by atoms with van der Waals surface area (Å²) >= 11 is 19.7. The molecule has 174 valence electrons. The fraction of sp³-hybridized carbons (Fsp3) is 0.417. The van der Waals surface area contributed by atoms with Gasteiger partial charge in [-0.2, -0.15) is 0 Å². The third kappa shape index (κ3) is 8.51. The summed E-state index contributed by atoms with van der Waals surface area (Å²) in [4.78, 5) is 27.7. The molecule has 4 nitrogen and oxygen atoms in total. The predicted molar refractivity (Wildman–Crippen MR) is 137 cm³/mol. The Morgan fingerprint density at radius 2 is 1.69 bits per heavy atom. The molecule has 2 aromatic carbocycles. The van der Waals surface area contributed by atoms with Gasteiger partial charge in [0, 0.05) is 23.9 Å². The number of rotatable bonds is 12. The first kappa shape index (κ1) is 26.8. The number of carbonyl (C=O) groups is 2. The maximum Gasteiger partial charge on any atom is 0.242 e. The molecule has 32 heavy (non-hydrogen) atoms. The van der Waals surface area contributed by atoms with Crippen molar-refractivity contribution in [2.75, 3.05) is 12.3 Å². The third-order valence-corrected chi connectivity index (χ3v) is 6.94. The van der Waals surface area contributed by atoms with Gasteiger partial charge in [-0.3, -0.25) is 9.59 Å². The Hall–Kier alpha value is -1.40. The molecule has 0 saturated heterocycles. The number of hydrogen-bond donors (Lipinski definition) is 1. The molecule has 0 fully saturated rings. The smallest absolute Gasteiger partial charge is 0.242 e. The van der Waals surface area contributed by atoms with E-state index < -0.39 is 6.04 Å². The van der Waals surface area contributed by atoms with Crippen molar-refractivity contribution in [2.45, 2.75) is 51.4 Å². The second-order valence-electron chi connectivity index (χ2n) is 7.46. The second kappa shape index (κ2) is 14.0. The fourth-order valence-corrected chi connectivity index (χ4v) is 4.50. The molecule has 2 amide bonds. The van der Waals surface area contributed by atoms with Crippen LogP contribution in [0.1, 0.15) is 44.2 Å². The third-order valence-electron chi connectivity index (χ3n) is 4.96. The quantitative estimate of drug-likeness (QED) is 0.324. The number of thioether (sulfide) groups is 1. The van der Waals surface area contributed by atoms with Crippen LogP contribution in [0.2, 0.25) is 15.1 Å². The van der Waals surface area contributed by atoms with Gasteiger partial charge in [0.05, 0.1) is 15.8 Å². The first-order valence-corrected chi connectivity index (χ1v) is 13.0. The molecule has 0 aliphatic heterocycles. The topological polar surface area (TPSA) is 49.4 Å². The number of benzene rings is 2. The van der Waals surface area contributed by atoms with Crippen molar-refractivity contribution >= 4 is 58.4 Å². The van der Waals surface area contributed by atoms with Crippen molar-refractivity contribution in [1.82, 2.24) is 10.2 Å². The van der Waals surface area contributed by atoms with Crippen molar-refractivity contribution in [1.29, 1.82) is 0 Å². The largest absolute Gasteiger partial charge is 0.354 e. The zero-order valence-corrected chi connectivity index (χ0v) is 21.5. The lowest BCUT2D eigenvalue weighted by Crippen LogP contribution is -2.49. The van der Waals surface area contributed by atoms with Gasteiger partial charge in [0.1, 0.15) is 6.04 Å². The molecule has 2 aromatic rings. The maximum atomic E-state index is 13.2. The number of amides is 2. The molecule has 0 aromatic heterocycles. The van der Waals surface area contributed by atoms with Gasteiger partial charge in [-0.25, -0.2) is 0 Å². The van der Waals surface area contributed by atoms with Crippen LogP contribution in [0, 0.1) is 0 Å². The van der Waals surface area contributed by atoms with Gasteiger partial charge < -0.3 is 10.2 Å². The molecule has 1 unspecified atom stereocenters. The van der Waals surface area contributed by atoms with Crippen LogP contribution in [-0.4, -0.2) is 35.1 Å². The van der Waals surface area contributed by atoms with E-state index in [1.165, 1.54) is 11.8 Å². The summed E-state index contributed by atoms with van der Waals surface area (Å²) in [6.07, 6.45) is 2.41. The maximum absolute atomic E-state index is 13.2. The summed E-state index contributed by atoms with van der Waals surface area (Å²) in [5.41, 5.74) is 1.92. The normalized spacial score (nSPS) is 11.8. The van der Waals surface area contributed by atoms with Crippen LogP contribution in [0.4, 0.5) is 0 Å². The average Bonchev–Trinajstić information content (AvgIpc) is 2.77. The van der Waals surface area contributed by atoms with E-state index in [0.29, 0.717) is 33.8 Å². The number of hydrogen-bond acceptors (Lipinski definition) is 3. The first-order valence-electron chi connectivity index (χ1n) is 10.7. The highest BCUT2D eigenvalue weighted by Crippen LogP contribution is 2.24. The number of unbranched alkanes of at least 4 members (excludes halogenated alkanes) is 1. The Balaban J connectivity index is 2.12. The molecule has 0 saturated carbocycles. The molecule has 0 heterocycles. The van der Waals surface area contributed by atoms with Crippen LogP contribution in [0.25, 0.3) is 0 Å². The minimum Gasteiger partial charge on any atom is -0.354 e. The Morgan fingerprint density at radius 3 is 2.31 bits per heavy atom. The van der Waals surface area contributed by atoms with E-state index in [-0.39, 0.29) is 24.1 Å². The number of carbonyl (C=O) groups excluding carboxylic acids is 2. The lowest BCUT2D eigenvalue weighted by molar-refractivity contribution is -0.139. The van der Waals surface area contributed by atoms with Crippen molar-refractivity contribution in [3.05, 3.63) is 68.7 Å². The Labute approximate surface area is 210 Å². The van der Waals surface area contributed by atoms with Gasteiger partial charge >= 0.3 is 0 Å². The first-order chi connectivity index (χ1) is 15.3. The van der Waals surface area contributed by atoms with E-state index >= 15 is 0 Å². The Kier molecular flexibility index (Phi) is 11.7.